The van der Waals surface area contributed by atoms with E-state index in [1.807, 2.05) is 24.3 Å². The Morgan fingerprint density at radius 1 is 1.34 bits per heavy atom. The number of halogens is 2. The Balaban J connectivity index is 0.00000300. The minimum Gasteiger partial charge on any atom is -0.355 e. The lowest BCUT2D eigenvalue weighted by atomic mass is 10.0. The van der Waals surface area contributed by atoms with E-state index in [-0.39, 0.29) is 24.0 Å². The molecule has 3 rings (SSSR count). The van der Waals surface area contributed by atoms with Crippen LogP contribution in [0.2, 0.25) is 5.02 Å². The van der Waals surface area contributed by atoms with E-state index < -0.39 is 0 Å². The summed E-state index contributed by atoms with van der Waals surface area (Å²) in [6.45, 7) is 5.76. The van der Waals surface area contributed by atoms with Gasteiger partial charge in [0, 0.05) is 36.8 Å². The van der Waals surface area contributed by atoms with E-state index in [0.717, 1.165) is 24.6 Å². The third-order valence-corrected chi connectivity index (χ3v) is 5.33. The van der Waals surface area contributed by atoms with E-state index in [0.29, 0.717) is 29.3 Å². The quantitative estimate of drug-likeness (QED) is 0.320. The SMILES string of the molecule is CCC1CCCCN1CCNC(=NC)NCc1nc(-c2cccc(Cl)c2)no1.I. The maximum atomic E-state index is 6.02. The van der Waals surface area contributed by atoms with E-state index >= 15 is 0 Å². The van der Waals surface area contributed by atoms with Gasteiger partial charge < -0.3 is 15.2 Å². The van der Waals surface area contributed by atoms with Crippen molar-refractivity contribution in [3.05, 3.63) is 35.2 Å². The highest BCUT2D eigenvalue weighted by molar-refractivity contribution is 14.0. The number of rotatable bonds is 7. The highest BCUT2D eigenvalue weighted by Gasteiger charge is 2.20. The van der Waals surface area contributed by atoms with E-state index in [4.69, 9.17) is 16.1 Å². The summed E-state index contributed by atoms with van der Waals surface area (Å²) in [6.07, 6.45) is 5.19. The zero-order valence-corrected chi connectivity index (χ0v) is 20.1. The summed E-state index contributed by atoms with van der Waals surface area (Å²) in [5.41, 5.74) is 0.831. The molecule has 2 aromatic rings. The van der Waals surface area contributed by atoms with Gasteiger partial charge in [-0.1, -0.05) is 42.2 Å². The van der Waals surface area contributed by atoms with E-state index in [9.17, 15) is 0 Å². The van der Waals surface area contributed by atoms with Gasteiger partial charge in [0.15, 0.2) is 5.96 Å². The smallest absolute Gasteiger partial charge is 0.246 e. The number of hydrogen-bond donors (Lipinski definition) is 2. The van der Waals surface area contributed by atoms with Crippen molar-refractivity contribution in [3.8, 4) is 11.4 Å². The van der Waals surface area contributed by atoms with Gasteiger partial charge in [0.2, 0.25) is 11.7 Å². The Labute approximate surface area is 194 Å². The molecule has 9 heteroatoms. The van der Waals surface area contributed by atoms with Crippen LogP contribution in [0.3, 0.4) is 0 Å². The zero-order valence-electron chi connectivity index (χ0n) is 17.0. The molecule has 2 N–H and O–H groups in total. The fourth-order valence-corrected chi connectivity index (χ4v) is 3.78. The standard InChI is InChI=1S/C20H29ClN6O.HI/c1-3-17-9-4-5-11-27(17)12-10-23-20(22-2)24-14-18-25-19(26-28-18)15-7-6-8-16(21)13-15;/h6-8,13,17H,3-5,9-12,14H2,1-2H3,(H2,22,23,24);1H. The fourth-order valence-electron chi connectivity index (χ4n) is 3.59. The second-order valence-corrected chi connectivity index (χ2v) is 7.40. The van der Waals surface area contributed by atoms with Crippen LogP contribution in [0.1, 0.15) is 38.5 Å². The van der Waals surface area contributed by atoms with Crippen molar-refractivity contribution in [3.63, 3.8) is 0 Å². The van der Waals surface area contributed by atoms with Crippen LogP contribution in [-0.4, -0.2) is 53.7 Å². The first kappa shape index (κ1) is 23.9. The first-order valence-corrected chi connectivity index (χ1v) is 10.3. The molecule has 1 fully saturated rings. The molecule has 7 nitrogen and oxygen atoms in total. The molecule has 1 atom stereocenters. The molecule has 0 amide bonds. The molecular weight excluding hydrogens is 503 g/mol. The predicted octanol–water partition coefficient (Wildman–Crippen LogP) is 3.94. The molecule has 1 aliphatic heterocycles. The summed E-state index contributed by atoms with van der Waals surface area (Å²) in [5, 5.41) is 11.3. The summed E-state index contributed by atoms with van der Waals surface area (Å²) in [4.78, 5) is 11.3. The number of benzene rings is 1. The van der Waals surface area contributed by atoms with Gasteiger partial charge in [-0.25, -0.2) is 0 Å². The second kappa shape index (κ2) is 12.3. The van der Waals surface area contributed by atoms with Crippen LogP contribution >= 0.6 is 35.6 Å². The molecule has 0 radical (unpaired) electrons. The first-order chi connectivity index (χ1) is 13.7. The molecule has 29 heavy (non-hydrogen) atoms. The van der Waals surface area contributed by atoms with Gasteiger partial charge in [0.05, 0.1) is 6.54 Å². The molecule has 0 aliphatic carbocycles. The highest BCUT2D eigenvalue weighted by Crippen LogP contribution is 2.20. The van der Waals surface area contributed by atoms with Crippen molar-refractivity contribution in [1.82, 2.24) is 25.7 Å². The number of hydrogen-bond acceptors (Lipinski definition) is 5. The summed E-state index contributed by atoms with van der Waals surface area (Å²) in [6, 6.07) is 8.11. The van der Waals surface area contributed by atoms with Gasteiger partial charge in [0.25, 0.3) is 0 Å². The lowest BCUT2D eigenvalue weighted by Gasteiger charge is -2.35. The first-order valence-electron chi connectivity index (χ1n) is 9.96. The highest BCUT2D eigenvalue weighted by atomic mass is 127. The van der Waals surface area contributed by atoms with Crippen molar-refractivity contribution in [2.24, 2.45) is 4.99 Å². The number of nitrogens with zero attached hydrogens (tertiary/aromatic N) is 4. The van der Waals surface area contributed by atoms with Crippen LogP contribution in [-0.2, 0) is 6.54 Å². The van der Waals surface area contributed by atoms with Crippen LogP contribution in [0.5, 0.6) is 0 Å². The number of likely N-dealkylation sites (tertiary alicyclic amines) is 1. The normalized spacial score (nSPS) is 17.6. The van der Waals surface area contributed by atoms with Crippen molar-refractivity contribution in [2.75, 3.05) is 26.7 Å². The third kappa shape index (κ3) is 7.11. The average molecular weight is 533 g/mol. The van der Waals surface area contributed by atoms with Crippen molar-refractivity contribution >= 4 is 41.5 Å². The average Bonchev–Trinajstić information content (AvgIpc) is 3.20. The maximum absolute atomic E-state index is 6.02. The van der Waals surface area contributed by atoms with Gasteiger partial charge in [-0.05, 0) is 37.9 Å². The largest absolute Gasteiger partial charge is 0.355 e. The Hall–Kier alpha value is -1.39. The van der Waals surface area contributed by atoms with Crippen LogP contribution in [0.15, 0.2) is 33.8 Å². The lowest BCUT2D eigenvalue weighted by Crippen LogP contribution is -2.45. The summed E-state index contributed by atoms with van der Waals surface area (Å²) < 4.78 is 5.32. The summed E-state index contributed by atoms with van der Waals surface area (Å²) in [7, 11) is 1.76. The van der Waals surface area contributed by atoms with Crippen molar-refractivity contribution in [1.29, 1.82) is 0 Å². The van der Waals surface area contributed by atoms with E-state index in [1.54, 1.807) is 7.05 Å². The Morgan fingerprint density at radius 2 is 2.21 bits per heavy atom. The maximum Gasteiger partial charge on any atom is 0.246 e. The number of aliphatic imine (C=N–C) groups is 1. The van der Waals surface area contributed by atoms with Crippen LogP contribution < -0.4 is 10.6 Å². The van der Waals surface area contributed by atoms with Crippen LogP contribution in [0, 0.1) is 0 Å². The van der Waals surface area contributed by atoms with Gasteiger partial charge in [-0.3, -0.25) is 9.89 Å². The second-order valence-electron chi connectivity index (χ2n) is 6.97. The minimum atomic E-state index is 0. The molecule has 0 spiro atoms. The van der Waals surface area contributed by atoms with Crippen LogP contribution in [0.25, 0.3) is 11.4 Å². The summed E-state index contributed by atoms with van der Waals surface area (Å²) >= 11 is 6.02. The minimum absolute atomic E-state index is 0. The topological polar surface area (TPSA) is 78.6 Å². The Bertz CT molecular complexity index is 784. The molecule has 1 aliphatic rings. The molecule has 0 saturated carbocycles. The molecular formula is C20H30ClIN6O. The molecule has 160 valence electrons. The zero-order chi connectivity index (χ0) is 19.8. The number of nitrogens with one attached hydrogen (secondary N) is 2. The molecule has 2 heterocycles. The molecule has 1 saturated heterocycles. The number of guanidine groups is 1. The molecule has 1 unspecified atom stereocenters. The molecule has 0 bridgehead atoms. The van der Waals surface area contributed by atoms with Crippen molar-refractivity contribution in [2.45, 2.75) is 45.2 Å². The summed E-state index contributed by atoms with van der Waals surface area (Å²) in [5.74, 6) is 1.76. The molecule has 1 aromatic carbocycles. The Morgan fingerprint density at radius 3 is 2.97 bits per heavy atom. The monoisotopic (exact) mass is 532 g/mol. The van der Waals surface area contributed by atoms with E-state index in [2.05, 4.69) is 37.6 Å². The molecule has 1 aromatic heterocycles. The van der Waals surface area contributed by atoms with Gasteiger partial charge in [-0.2, -0.15) is 4.98 Å². The van der Waals surface area contributed by atoms with Crippen LogP contribution in [0.4, 0.5) is 0 Å². The Kier molecular flexibility index (Phi) is 10.2. The number of aromatic nitrogens is 2. The third-order valence-electron chi connectivity index (χ3n) is 5.09. The van der Waals surface area contributed by atoms with Gasteiger partial charge >= 0.3 is 0 Å². The number of piperidine rings is 1. The van der Waals surface area contributed by atoms with Gasteiger partial charge in [0.1, 0.15) is 0 Å². The van der Waals surface area contributed by atoms with Gasteiger partial charge in [-0.15, -0.1) is 24.0 Å². The fraction of sp³-hybridized carbons (Fsp3) is 0.550. The predicted molar refractivity (Wildman–Crippen MR) is 128 cm³/mol. The van der Waals surface area contributed by atoms with E-state index in [1.165, 1.54) is 32.2 Å². The van der Waals surface area contributed by atoms with Crippen molar-refractivity contribution < 1.29 is 4.52 Å². The lowest BCUT2D eigenvalue weighted by molar-refractivity contribution is 0.147.